The predicted molar refractivity (Wildman–Crippen MR) is 161 cm³/mol. The first kappa shape index (κ1) is 33.8. The maximum Gasteiger partial charge on any atom is 0.303 e. The number of nitrogens with one attached hydrogen (secondary N) is 1. The van der Waals surface area contributed by atoms with Gasteiger partial charge in [0.1, 0.15) is 23.7 Å². The minimum absolute atomic E-state index is 0.0285. The Morgan fingerprint density at radius 2 is 1.50 bits per heavy atom. The Hall–Kier alpha value is -5.09. The number of pyridine rings is 1. The molecule has 0 spiro atoms. The van der Waals surface area contributed by atoms with Gasteiger partial charge in [0.05, 0.1) is 16.1 Å². The van der Waals surface area contributed by atoms with E-state index < -0.39 is 76.9 Å². The van der Waals surface area contributed by atoms with Gasteiger partial charge in [-0.15, -0.1) is 0 Å². The molecule has 2 aromatic carbocycles. The van der Waals surface area contributed by atoms with Gasteiger partial charge < -0.3 is 29.0 Å². The molecule has 16 heteroatoms. The molecule has 1 saturated heterocycles. The van der Waals surface area contributed by atoms with Gasteiger partial charge >= 0.3 is 23.9 Å². The Morgan fingerprint density at radius 1 is 0.870 bits per heavy atom. The summed E-state index contributed by atoms with van der Waals surface area (Å²) in [5.41, 5.74) is -1.47. The molecule has 1 N–H and O–H groups in total. The van der Waals surface area contributed by atoms with Gasteiger partial charge in [-0.05, 0) is 18.2 Å². The monoisotopic (exact) mass is 655 g/mol. The van der Waals surface area contributed by atoms with Crippen LogP contribution in [0.15, 0.2) is 59.6 Å². The molecule has 1 aliphatic rings. The lowest BCUT2D eigenvalue weighted by Gasteiger charge is -2.44. The van der Waals surface area contributed by atoms with Crippen molar-refractivity contribution in [2.75, 3.05) is 11.9 Å². The van der Waals surface area contributed by atoms with Crippen LogP contribution in [0.2, 0.25) is 0 Å². The molecule has 0 unspecified atom stereocenters. The molecular formula is C30H29N3O12S. The fourth-order valence-corrected chi connectivity index (χ4v) is 6.06. The third-order valence-electron chi connectivity index (χ3n) is 6.50. The third kappa shape index (κ3) is 8.13. The van der Waals surface area contributed by atoms with E-state index in [-0.39, 0.29) is 10.5 Å². The van der Waals surface area contributed by atoms with Crippen LogP contribution in [0.4, 0.5) is 11.4 Å². The second-order valence-electron chi connectivity index (χ2n) is 9.93. The highest BCUT2D eigenvalue weighted by Crippen LogP contribution is 2.41. The fraction of sp³-hybridized carbons (Fsp3) is 0.333. The van der Waals surface area contributed by atoms with Crippen molar-refractivity contribution >= 4 is 63.8 Å². The van der Waals surface area contributed by atoms with Crippen molar-refractivity contribution in [3.8, 4) is 0 Å². The van der Waals surface area contributed by atoms with E-state index >= 15 is 0 Å². The van der Waals surface area contributed by atoms with E-state index in [1.165, 1.54) is 18.3 Å². The van der Waals surface area contributed by atoms with Crippen molar-refractivity contribution in [1.29, 1.82) is 0 Å². The summed E-state index contributed by atoms with van der Waals surface area (Å²) < 4.78 is 27.6. The van der Waals surface area contributed by atoms with Crippen LogP contribution in [0.25, 0.3) is 10.9 Å². The lowest BCUT2D eigenvalue weighted by atomic mass is 9.99. The molecular weight excluding hydrogens is 626 g/mol. The zero-order valence-electron chi connectivity index (χ0n) is 25.0. The molecule has 0 aliphatic carbocycles. The molecule has 1 aromatic heterocycles. The standard InChI is InChI=1S/C30H29N3O12S/c1-15(34)41-14-22-26(42-16(2)35)27(43-17(3)36)28(44-18(4)37)30(45-22)46-23-12-6-11-21(33(39)40)24(23)29(38)32-20-10-5-8-19-9-7-13-31-25(19)20/h5-13,22,26-28,30H,14H2,1-4H3,(H,32,38)/t22-,26-,27+,28-,30+/m1/s1. The minimum atomic E-state index is -1.46. The van der Waals surface area contributed by atoms with Crippen molar-refractivity contribution in [2.24, 2.45) is 0 Å². The van der Waals surface area contributed by atoms with Gasteiger partial charge in [-0.3, -0.25) is 39.1 Å². The number of hydrogen-bond donors (Lipinski definition) is 1. The summed E-state index contributed by atoms with van der Waals surface area (Å²) in [6, 6.07) is 12.5. The van der Waals surface area contributed by atoms with Crippen LogP contribution in [0.1, 0.15) is 38.1 Å². The number of nitrogens with zero attached hydrogens (tertiary/aromatic N) is 2. The number of carbonyl (C=O) groups is 5. The maximum atomic E-state index is 13.8. The van der Waals surface area contributed by atoms with E-state index in [4.69, 9.17) is 23.7 Å². The number of fused-ring (bicyclic) bond motifs is 1. The SMILES string of the molecule is CC(=O)OC[C@H]1O[C@@H](Sc2cccc([N+](=O)[O-])c2C(=O)Nc2cccc3cccnc23)[C@H](OC(C)=O)[C@@H](OC(C)=O)[C@@H]1OC(C)=O. The first-order chi connectivity index (χ1) is 21.8. The van der Waals surface area contributed by atoms with Crippen molar-refractivity contribution in [2.45, 2.75) is 62.4 Å². The zero-order valence-corrected chi connectivity index (χ0v) is 25.8. The highest BCUT2D eigenvalue weighted by molar-refractivity contribution is 8.00. The van der Waals surface area contributed by atoms with Crippen LogP contribution in [-0.4, -0.2) is 76.2 Å². The molecule has 3 aromatic rings. The fourth-order valence-electron chi connectivity index (χ4n) is 4.80. The zero-order chi connectivity index (χ0) is 33.5. The van der Waals surface area contributed by atoms with E-state index in [0.29, 0.717) is 11.2 Å². The number of carbonyl (C=O) groups excluding carboxylic acids is 5. The summed E-state index contributed by atoms with van der Waals surface area (Å²) >= 11 is 0.752. The van der Waals surface area contributed by atoms with Gasteiger partial charge in [-0.25, -0.2) is 0 Å². The van der Waals surface area contributed by atoms with E-state index in [0.717, 1.165) is 50.9 Å². The normalized spacial score (nSPS) is 20.7. The summed E-state index contributed by atoms with van der Waals surface area (Å²) in [5, 5.41) is 15.5. The number of benzene rings is 2. The molecule has 5 atom stereocenters. The second-order valence-corrected chi connectivity index (χ2v) is 11.1. The summed E-state index contributed by atoms with van der Waals surface area (Å²) in [7, 11) is 0. The summed E-state index contributed by atoms with van der Waals surface area (Å²) in [6.45, 7) is 3.93. The third-order valence-corrected chi connectivity index (χ3v) is 7.71. The molecule has 0 bridgehead atoms. The summed E-state index contributed by atoms with van der Waals surface area (Å²) in [4.78, 5) is 77.6. The van der Waals surface area contributed by atoms with Crippen LogP contribution in [-0.2, 0) is 42.9 Å². The van der Waals surface area contributed by atoms with Crippen molar-refractivity contribution in [3.63, 3.8) is 0 Å². The molecule has 0 saturated carbocycles. The van der Waals surface area contributed by atoms with Crippen LogP contribution >= 0.6 is 11.8 Å². The number of hydrogen-bond acceptors (Lipinski definition) is 14. The second kappa shape index (κ2) is 14.8. The lowest BCUT2D eigenvalue weighted by Crippen LogP contribution is -2.61. The number of amides is 1. The number of ether oxygens (including phenoxy) is 5. The molecule has 15 nitrogen and oxygen atoms in total. The van der Waals surface area contributed by atoms with E-state index in [1.807, 2.05) is 0 Å². The number of nitro benzene ring substituents is 1. The van der Waals surface area contributed by atoms with Crippen LogP contribution in [0.3, 0.4) is 0 Å². The Balaban J connectivity index is 1.79. The highest BCUT2D eigenvalue weighted by Gasteiger charge is 2.52. The largest absolute Gasteiger partial charge is 0.463 e. The van der Waals surface area contributed by atoms with E-state index in [1.54, 1.807) is 30.3 Å². The van der Waals surface area contributed by atoms with Crippen molar-refractivity contribution in [3.05, 3.63) is 70.4 Å². The summed E-state index contributed by atoms with van der Waals surface area (Å²) in [6.07, 6.45) is -4.03. The molecule has 0 radical (unpaired) electrons. The number of nitro groups is 1. The number of esters is 4. The number of thioether (sulfide) groups is 1. The average molecular weight is 656 g/mol. The molecule has 46 heavy (non-hydrogen) atoms. The highest BCUT2D eigenvalue weighted by atomic mass is 32.2. The van der Waals surface area contributed by atoms with Gasteiger partial charge in [-0.2, -0.15) is 0 Å². The Bertz CT molecular complexity index is 1680. The first-order valence-electron chi connectivity index (χ1n) is 13.7. The van der Waals surface area contributed by atoms with E-state index in [9.17, 15) is 34.1 Å². The molecule has 1 amide bonds. The van der Waals surface area contributed by atoms with Crippen LogP contribution < -0.4 is 5.32 Å². The number of anilines is 1. The Morgan fingerprint density at radius 3 is 2.15 bits per heavy atom. The average Bonchev–Trinajstić information content (AvgIpc) is 2.98. The molecule has 2 heterocycles. The molecule has 242 valence electrons. The molecule has 1 fully saturated rings. The topological polar surface area (TPSA) is 200 Å². The van der Waals surface area contributed by atoms with Gasteiger partial charge in [0.25, 0.3) is 11.6 Å². The van der Waals surface area contributed by atoms with Gasteiger partial charge in [-0.1, -0.05) is 36.0 Å². The van der Waals surface area contributed by atoms with Gasteiger partial charge in [0.15, 0.2) is 18.3 Å². The van der Waals surface area contributed by atoms with E-state index in [2.05, 4.69) is 10.3 Å². The molecule has 1 aliphatic heterocycles. The minimum Gasteiger partial charge on any atom is -0.463 e. The smallest absolute Gasteiger partial charge is 0.303 e. The Kier molecular flexibility index (Phi) is 10.9. The van der Waals surface area contributed by atoms with Gasteiger partial charge in [0.2, 0.25) is 0 Å². The summed E-state index contributed by atoms with van der Waals surface area (Å²) in [5.74, 6) is -3.99. The van der Waals surface area contributed by atoms with Crippen molar-refractivity contribution in [1.82, 2.24) is 4.98 Å². The maximum absolute atomic E-state index is 13.8. The number of aromatic nitrogens is 1. The number of rotatable bonds is 10. The predicted octanol–water partition coefficient (Wildman–Crippen LogP) is 3.57. The van der Waals surface area contributed by atoms with Gasteiger partial charge in [0, 0.05) is 50.2 Å². The number of para-hydroxylation sites is 1. The first-order valence-corrected chi connectivity index (χ1v) is 14.6. The molecule has 4 rings (SSSR count). The Labute approximate surface area is 266 Å². The quantitative estimate of drug-likeness (QED) is 0.144. The lowest BCUT2D eigenvalue weighted by molar-refractivity contribution is -0.385. The van der Waals surface area contributed by atoms with Crippen molar-refractivity contribution < 1.29 is 52.6 Å². The van der Waals surface area contributed by atoms with Crippen LogP contribution in [0, 0.1) is 10.1 Å². The van der Waals surface area contributed by atoms with Crippen LogP contribution in [0.5, 0.6) is 0 Å².